The van der Waals surface area contributed by atoms with Gasteiger partial charge in [-0.3, -0.25) is 4.79 Å². The summed E-state index contributed by atoms with van der Waals surface area (Å²) in [6.07, 6.45) is 3.20. The van der Waals surface area contributed by atoms with Crippen LogP contribution in [0, 0.1) is 0 Å². The molecule has 0 unspecified atom stereocenters. The SMILES string of the molecule is CCCN(C(=O)CSc1ccccc1)C1CCNCC1.Cl. The summed E-state index contributed by atoms with van der Waals surface area (Å²) in [6.45, 7) is 5.10. The maximum Gasteiger partial charge on any atom is 0.233 e. The molecule has 5 heteroatoms. The number of rotatable bonds is 6. The predicted molar refractivity (Wildman–Crippen MR) is 92.3 cm³/mol. The second-order valence-electron chi connectivity index (χ2n) is 5.17. The molecule has 1 fully saturated rings. The molecule has 0 radical (unpaired) electrons. The van der Waals surface area contributed by atoms with Crippen LogP contribution in [0.25, 0.3) is 0 Å². The van der Waals surface area contributed by atoms with Crippen LogP contribution in [-0.4, -0.2) is 42.2 Å². The molecule has 0 aliphatic carbocycles. The number of carbonyl (C=O) groups excluding carboxylic acids is 1. The maximum atomic E-state index is 12.5. The topological polar surface area (TPSA) is 32.3 Å². The number of amides is 1. The van der Waals surface area contributed by atoms with E-state index in [0.717, 1.165) is 38.9 Å². The normalized spacial score (nSPS) is 15.3. The third-order valence-corrected chi connectivity index (χ3v) is 4.64. The number of piperidine rings is 1. The van der Waals surface area contributed by atoms with Gasteiger partial charge in [0, 0.05) is 17.5 Å². The van der Waals surface area contributed by atoms with Gasteiger partial charge in [0.05, 0.1) is 5.75 Å². The van der Waals surface area contributed by atoms with Crippen LogP contribution in [0.1, 0.15) is 26.2 Å². The first-order chi connectivity index (χ1) is 9.81. The van der Waals surface area contributed by atoms with Crippen molar-refractivity contribution in [3.8, 4) is 0 Å². The quantitative estimate of drug-likeness (QED) is 0.814. The number of nitrogens with one attached hydrogen (secondary N) is 1. The average Bonchev–Trinajstić information content (AvgIpc) is 2.52. The Morgan fingerprint density at radius 2 is 1.95 bits per heavy atom. The van der Waals surface area contributed by atoms with Gasteiger partial charge in [0.25, 0.3) is 0 Å². The molecule has 0 atom stereocenters. The highest BCUT2D eigenvalue weighted by Gasteiger charge is 2.24. The summed E-state index contributed by atoms with van der Waals surface area (Å²) in [7, 11) is 0. The maximum absolute atomic E-state index is 12.5. The summed E-state index contributed by atoms with van der Waals surface area (Å²) in [5.74, 6) is 0.834. The summed E-state index contributed by atoms with van der Waals surface area (Å²) in [5, 5.41) is 3.37. The van der Waals surface area contributed by atoms with E-state index in [1.54, 1.807) is 11.8 Å². The van der Waals surface area contributed by atoms with E-state index in [1.807, 2.05) is 18.2 Å². The second kappa shape index (κ2) is 10.1. The highest BCUT2D eigenvalue weighted by Crippen LogP contribution is 2.20. The fourth-order valence-corrected chi connectivity index (χ4v) is 3.42. The molecule has 1 N–H and O–H groups in total. The Balaban J connectivity index is 0.00000220. The molecule has 0 saturated carbocycles. The first kappa shape index (κ1) is 18.3. The van der Waals surface area contributed by atoms with Crippen LogP contribution >= 0.6 is 24.2 Å². The first-order valence-electron chi connectivity index (χ1n) is 7.49. The van der Waals surface area contributed by atoms with Gasteiger partial charge >= 0.3 is 0 Å². The van der Waals surface area contributed by atoms with Crippen molar-refractivity contribution in [2.75, 3.05) is 25.4 Å². The Kier molecular flexibility index (Phi) is 8.81. The zero-order valence-electron chi connectivity index (χ0n) is 12.6. The fourth-order valence-electron chi connectivity index (χ4n) is 2.61. The number of hydrogen-bond donors (Lipinski definition) is 1. The minimum atomic E-state index is 0. The number of benzene rings is 1. The van der Waals surface area contributed by atoms with Crippen molar-refractivity contribution in [3.63, 3.8) is 0 Å². The van der Waals surface area contributed by atoms with Gasteiger partial charge < -0.3 is 10.2 Å². The molecule has 21 heavy (non-hydrogen) atoms. The highest BCUT2D eigenvalue weighted by atomic mass is 35.5. The molecule has 1 aromatic rings. The van der Waals surface area contributed by atoms with Crippen LogP contribution in [0.2, 0.25) is 0 Å². The van der Waals surface area contributed by atoms with Crippen molar-refractivity contribution in [2.45, 2.75) is 37.1 Å². The molecule has 1 heterocycles. The van der Waals surface area contributed by atoms with E-state index >= 15 is 0 Å². The Morgan fingerprint density at radius 3 is 2.57 bits per heavy atom. The predicted octanol–water partition coefficient (Wildman–Crippen LogP) is 3.19. The minimum absolute atomic E-state index is 0. The van der Waals surface area contributed by atoms with Crippen molar-refractivity contribution < 1.29 is 4.79 Å². The molecule has 1 saturated heterocycles. The zero-order valence-corrected chi connectivity index (χ0v) is 14.2. The molecule has 2 rings (SSSR count). The molecule has 0 spiro atoms. The molecule has 0 bridgehead atoms. The van der Waals surface area contributed by atoms with Gasteiger partial charge in [-0.2, -0.15) is 0 Å². The van der Waals surface area contributed by atoms with Gasteiger partial charge in [0.1, 0.15) is 0 Å². The van der Waals surface area contributed by atoms with Crippen LogP contribution in [0.15, 0.2) is 35.2 Å². The van der Waals surface area contributed by atoms with Gasteiger partial charge in [-0.05, 0) is 44.5 Å². The lowest BCUT2D eigenvalue weighted by Crippen LogP contribution is -2.47. The summed E-state index contributed by atoms with van der Waals surface area (Å²) >= 11 is 1.64. The zero-order chi connectivity index (χ0) is 14.2. The van der Waals surface area contributed by atoms with Crippen molar-refractivity contribution >= 4 is 30.1 Å². The molecular weight excluding hydrogens is 304 g/mol. The van der Waals surface area contributed by atoms with Gasteiger partial charge in [-0.1, -0.05) is 25.1 Å². The number of carbonyl (C=O) groups is 1. The first-order valence-corrected chi connectivity index (χ1v) is 8.48. The number of thioether (sulfide) groups is 1. The van der Waals surface area contributed by atoms with Crippen molar-refractivity contribution in [1.29, 1.82) is 0 Å². The third-order valence-electron chi connectivity index (χ3n) is 3.64. The van der Waals surface area contributed by atoms with Crippen LogP contribution in [0.5, 0.6) is 0 Å². The summed E-state index contributed by atoms with van der Waals surface area (Å²) in [6, 6.07) is 10.6. The van der Waals surface area contributed by atoms with Gasteiger partial charge in [-0.25, -0.2) is 0 Å². The number of nitrogens with zero attached hydrogens (tertiary/aromatic N) is 1. The van der Waals surface area contributed by atoms with Crippen molar-refractivity contribution in [3.05, 3.63) is 30.3 Å². The average molecular weight is 329 g/mol. The molecule has 1 amide bonds. The molecule has 0 aromatic heterocycles. The molecule has 1 aromatic carbocycles. The summed E-state index contributed by atoms with van der Waals surface area (Å²) in [4.78, 5) is 15.8. The summed E-state index contributed by atoms with van der Waals surface area (Å²) in [5.41, 5.74) is 0. The van der Waals surface area contributed by atoms with Gasteiger partial charge in [0.15, 0.2) is 0 Å². The summed E-state index contributed by atoms with van der Waals surface area (Å²) < 4.78 is 0. The van der Waals surface area contributed by atoms with E-state index in [2.05, 4.69) is 29.3 Å². The van der Waals surface area contributed by atoms with E-state index in [9.17, 15) is 4.79 Å². The molecule has 1 aliphatic rings. The Bertz CT molecular complexity index is 410. The number of halogens is 1. The lowest BCUT2D eigenvalue weighted by atomic mass is 10.0. The second-order valence-corrected chi connectivity index (χ2v) is 6.22. The van der Waals surface area contributed by atoms with Crippen LogP contribution in [0.3, 0.4) is 0 Å². The van der Waals surface area contributed by atoms with Crippen molar-refractivity contribution in [1.82, 2.24) is 10.2 Å². The standard InChI is InChI=1S/C16H24N2OS.ClH/c1-2-12-18(14-8-10-17-11-9-14)16(19)13-20-15-6-4-3-5-7-15;/h3-7,14,17H,2,8-13H2,1H3;1H. The molecule has 1 aliphatic heterocycles. The fraction of sp³-hybridized carbons (Fsp3) is 0.562. The largest absolute Gasteiger partial charge is 0.339 e. The monoisotopic (exact) mass is 328 g/mol. The Hall–Kier alpha value is -0.710. The van der Waals surface area contributed by atoms with E-state index in [0.29, 0.717) is 11.8 Å². The highest BCUT2D eigenvalue weighted by molar-refractivity contribution is 8.00. The van der Waals surface area contributed by atoms with Crippen molar-refractivity contribution in [2.24, 2.45) is 0 Å². The molecule has 3 nitrogen and oxygen atoms in total. The minimum Gasteiger partial charge on any atom is -0.339 e. The smallest absolute Gasteiger partial charge is 0.233 e. The van der Waals surface area contributed by atoms with Gasteiger partial charge in [0.2, 0.25) is 5.91 Å². The Morgan fingerprint density at radius 1 is 1.29 bits per heavy atom. The van der Waals surface area contributed by atoms with E-state index in [1.165, 1.54) is 4.90 Å². The lowest BCUT2D eigenvalue weighted by Gasteiger charge is -2.34. The van der Waals surface area contributed by atoms with E-state index in [4.69, 9.17) is 0 Å². The number of hydrogen-bond acceptors (Lipinski definition) is 3. The molecular formula is C16H25ClN2OS. The van der Waals surface area contributed by atoms with E-state index in [-0.39, 0.29) is 18.3 Å². The third kappa shape index (κ3) is 5.89. The van der Waals surface area contributed by atoms with Gasteiger partial charge in [-0.15, -0.1) is 24.2 Å². The van der Waals surface area contributed by atoms with E-state index < -0.39 is 0 Å². The lowest BCUT2D eigenvalue weighted by molar-refractivity contribution is -0.131. The van der Waals surface area contributed by atoms with Crippen LogP contribution in [-0.2, 0) is 4.79 Å². The van der Waals surface area contributed by atoms with Crippen LogP contribution in [0.4, 0.5) is 0 Å². The van der Waals surface area contributed by atoms with Crippen LogP contribution < -0.4 is 5.32 Å². The Labute approximate surface area is 138 Å². The molecule has 118 valence electrons.